The van der Waals surface area contributed by atoms with Crippen LogP contribution in [0.25, 0.3) is 5.65 Å². The second-order valence-electron chi connectivity index (χ2n) is 9.21. The molecule has 0 spiro atoms. The highest BCUT2D eigenvalue weighted by Gasteiger charge is 2.23. The highest BCUT2D eigenvalue weighted by Crippen LogP contribution is 2.24. The number of rotatable bonds is 6. The van der Waals surface area contributed by atoms with Crippen molar-refractivity contribution in [3.63, 3.8) is 0 Å². The van der Waals surface area contributed by atoms with E-state index >= 15 is 0 Å². The Balaban J connectivity index is 1.56. The van der Waals surface area contributed by atoms with Crippen LogP contribution in [0, 0.1) is 6.92 Å². The summed E-state index contributed by atoms with van der Waals surface area (Å²) in [6.45, 7) is 8.33. The lowest BCUT2D eigenvalue weighted by Crippen LogP contribution is -2.44. The van der Waals surface area contributed by atoms with Gasteiger partial charge in [0.05, 0.1) is 23.5 Å². The predicted molar refractivity (Wildman–Crippen MR) is 124 cm³/mol. The van der Waals surface area contributed by atoms with Crippen molar-refractivity contribution >= 4 is 23.2 Å². The molecule has 1 saturated heterocycles. The lowest BCUT2D eigenvalue weighted by molar-refractivity contribution is -0.119. The Hall–Kier alpha value is -3.33. The van der Waals surface area contributed by atoms with E-state index in [-0.39, 0.29) is 24.2 Å². The van der Waals surface area contributed by atoms with Crippen molar-refractivity contribution < 1.29 is 14.7 Å². The normalized spacial score (nSPS) is 15.1. The number of fused-ring (bicyclic) bond motifs is 1. The molecule has 4 heterocycles. The van der Waals surface area contributed by atoms with E-state index in [4.69, 9.17) is 0 Å². The molecule has 0 aromatic carbocycles. The van der Waals surface area contributed by atoms with Gasteiger partial charge in [0.1, 0.15) is 11.4 Å². The minimum atomic E-state index is -1.06. The molecule has 0 saturated carbocycles. The van der Waals surface area contributed by atoms with E-state index in [1.165, 1.54) is 6.20 Å². The van der Waals surface area contributed by atoms with Gasteiger partial charge in [0.15, 0.2) is 11.4 Å². The molecule has 1 aliphatic heterocycles. The van der Waals surface area contributed by atoms with E-state index < -0.39 is 5.60 Å². The van der Waals surface area contributed by atoms with E-state index in [9.17, 15) is 14.7 Å². The Bertz CT molecular complexity index is 1170. The number of pyridine rings is 1. The van der Waals surface area contributed by atoms with Crippen LogP contribution in [0.2, 0.25) is 0 Å². The summed E-state index contributed by atoms with van der Waals surface area (Å²) in [5.41, 5.74) is 2.15. The summed E-state index contributed by atoms with van der Waals surface area (Å²) in [5.74, 6) is 0.800. The van der Waals surface area contributed by atoms with Crippen molar-refractivity contribution in [1.29, 1.82) is 0 Å². The Morgan fingerprint density at radius 3 is 2.55 bits per heavy atom. The van der Waals surface area contributed by atoms with E-state index in [0.29, 0.717) is 22.6 Å². The molecule has 1 fully saturated rings. The molecule has 0 bridgehead atoms. The number of piperidine rings is 1. The fourth-order valence-electron chi connectivity index (χ4n) is 4.17. The number of aliphatic hydroxyl groups is 1. The van der Waals surface area contributed by atoms with Crippen molar-refractivity contribution in [3.05, 3.63) is 53.1 Å². The fraction of sp³-hybridized carbons (Fsp3) is 0.458. The summed E-state index contributed by atoms with van der Waals surface area (Å²) >= 11 is 0. The Kier molecular flexibility index (Phi) is 6.16. The van der Waals surface area contributed by atoms with Crippen LogP contribution >= 0.6 is 0 Å². The maximum absolute atomic E-state index is 12.9. The number of Topliss-reactive ketones (excluding diaryl/α,β-unsaturated/α-hetero) is 1. The van der Waals surface area contributed by atoms with Crippen LogP contribution in [0.1, 0.15) is 61.1 Å². The first-order valence-corrected chi connectivity index (χ1v) is 11.2. The van der Waals surface area contributed by atoms with Gasteiger partial charge in [-0.25, -0.2) is 4.98 Å². The molecule has 9 heteroatoms. The molecule has 1 amide bonds. The summed E-state index contributed by atoms with van der Waals surface area (Å²) in [5, 5.41) is 17.7. The maximum atomic E-state index is 12.9. The van der Waals surface area contributed by atoms with Gasteiger partial charge in [-0.15, -0.1) is 0 Å². The smallest absolute Gasteiger partial charge is 0.217 e. The molecule has 33 heavy (non-hydrogen) atoms. The molecule has 0 aliphatic carbocycles. The number of aryl methyl sites for hydroxylation is 1. The maximum Gasteiger partial charge on any atom is 0.217 e. The standard InChI is InChI=1S/C24H30N6O3/c1-15-11-22-27-19(12-20(32)17-5-6-21(25-14-17)24(3,4)33)13-23(30(22)28-15)29-9-7-18(8-10-29)26-16(2)31/h5-6,11,13-14,18,33H,7-10,12H2,1-4H3,(H,26,31). The third-order valence-electron chi connectivity index (χ3n) is 5.86. The molecule has 0 radical (unpaired) electrons. The zero-order chi connectivity index (χ0) is 23.8. The van der Waals surface area contributed by atoms with Crippen LogP contribution in [-0.4, -0.2) is 55.5 Å². The number of nitrogens with zero attached hydrogens (tertiary/aromatic N) is 5. The zero-order valence-corrected chi connectivity index (χ0v) is 19.5. The number of anilines is 1. The van der Waals surface area contributed by atoms with Crippen molar-refractivity contribution in [1.82, 2.24) is 24.9 Å². The average Bonchev–Trinajstić information content (AvgIpc) is 3.13. The zero-order valence-electron chi connectivity index (χ0n) is 19.5. The second-order valence-corrected chi connectivity index (χ2v) is 9.21. The van der Waals surface area contributed by atoms with Crippen LogP contribution in [0.15, 0.2) is 30.5 Å². The number of hydrogen-bond acceptors (Lipinski definition) is 7. The molecule has 0 unspecified atom stereocenters. The Morgan fingerprint density at radius 2 is 1.94 bits per heavy atom. The predicted octanol–water partition coefficient (Wildman–Crippen LogP) is 2.19. The number of carbonyl (C=O) groups is 2. The third kappa shape index (κ3) is 5.19. The first-order valence-electron chi connectivity index (χ1n) is 11.2. The fourth-order valence-corrected chi connectivity index (χ4v) is 4.17. The lowest BCUT2D eigenvalue weighted by atomic mass is 10.0. The molecule has 1 aliphatic rings. The molecule has 9 nitrogen and oxygen atoms in total. The molecular formula is C24H30N6O3. The van der Waals surface area contributed by atoms with Crippen molar-refractivity contribution in [3.8, 4) is 0 Å². The van der Waals surface area contributed by atoms with Crippen LogP contribution in [0.3, 0.4) is 0 Å². The van der Waals surface area contributed by atoms with Gasteiger partial charge >= 0.3 is 0 Å². The lowest BCUT2D eigenvalue weighted by Gasteiger charge is -2.33. The quantitative estimate of drug-likeness (QED) is 0.554. The van der Waals surface area contributed by atoms with Crippen molar-refractivity contribution in [2.75, 3.05) is 18.0 Å². The number of nitrogens with one attached hydrogen (secondary N) is 1. The number of carbonyl (C=O) groups excluding carboxylic acids is 2. The van der Waals surface area contributed by atoms with Gasteiger partial charge in [-0.2, -0.15) is 9.61 Å². The van der Waals surface area contributed by atoms with Crippen LogP contribution in [0.4, 0.5) is 5.82 Å². The van der Waals surface area contributed by atoms with Gasteiger partial charge in [0, 0.05) is 49.9 Å². The molecule has 4 rings (SSSR count). The largest absolute Gasteiger partial charge is 0.384 e. The van der Waals surface area contributed by atoms with Gasteiger partial charge < -0.3 is 15.3 Å². The average molecular weight is 451 g/mol. The molecular weight excluding hydrogens is 420 g/mol. The van der Waals surface area contributed by atoms with E-state index in [2.05, 4.69) is 25.3 Å². The Labute approximate surface area is 192 Å². The summed E-state index contributed by atoms with van der Waals surface area (Å²) in [4.78, 5) is 35.4. The number of aromatic nitrogens is 4. The first kappa shape index (κ1) is 22.8. The molecule has 174 valence electrons. The first-order chi connectivity index (χ1) is 15.6. The van der Waals surface area contributed by atoms with Crippen molar-refractivity contribution in [2.45, 2.75) is 58.6 Å². The van der Waals surface area contributed by atoms with Crippen LogP contribution in [0.5, 0.6) is 0 Å². The van der Waals surface area contributed by atoms with Gasteiger partial charge in [-0.1, -0.05) is 0 Å². The number of ketones is 1. The molecule has 0 atom stereocenters. The summed E-state index contributed by atoms with van der Waals surface area (Å²) in [7, 11) is 0. The summed E-state index contributed by atoms with van der Waals surface area (Å²) in [6, 6.07) is 7.37. The van der Waals surface area contributed by atoms with Crippen molar-refractivity contribution in [2.24, 2.45) is 0 Å². The highest BCUT2D eigenvalue weighted by atomic mass is 16.3. The summed E-state index contributed by atoms with van der Waals surface area (Å²) < 4.78 is 1.82. The van der Waals surface area contributed by atoms with Crippen LogP contribution in [-0.2, 0) is 16.8 Å². The minimum Gasteiger partial charge on any atom is -0.384 e. The number of amides is 1. The van der Waals surface area contributed by atoms with Gasteiger partial charge in [0.2, 0.25) is 5.91 Å². The topological polar surface area (TPSA) is 113 Å². The van der Waals surface area contributed by atoms with E-state index in [0.717, 1.165) is 37.4 Å². The third-order valence-corrected chi connectivity index (χ3v) is 5.86. The Morgan fingerprint density at radius 1 is 1.21 bits per heavy atom. The van der Waals surface area contributed by atoms with E-state index in [1.807, 2.05) is 23.6 Å². The second kappa shape index (κ2) is 8.90. The van der Waals surface area contributed by atoms with E-state index in [1.54, 1.807) is 32.9 Å². The SMILES string of the molecule is CC(=O)NC1CCN(c2cc(CC(=O)c3ccc(C(C)(C)O)nc3)nc3cc(C)nn23)CC1. The summed E-state index contributed by atoms with van der Waals surface area (Å²) in [6.07, 6.45) is 3.33. The highest BCUT2D eigenvalue weighted by molar-refractivity contribution is 5.97. The van der Waals surface area contributed by atoms with Gasteiger partial charge in [-0.05, 0) is 45.7 Å². The minimum absolute atomic E-state index is 0.00618. The van der Waals surface area contributed by atoms with Gasteiger partial charge in [-0.3, -0.25) is 14.6 Å². The molecule has 3 aromatic heterocycles. The monoisotopic (exact) mass is 450 g/mol. The molecule has 3 aromatic rings. The number of hydrogen-bond donors (Lipinski definition) is 2. The van der Waals surface area contributed by atoms with Crippen LogP contribution < -0.4 is 10.2 Å². The van der Waals surface area contributed by atoms with Gasteiger partial charge in [0.25, 0.3) is 0 Å². The molecule has 2 N–H and O–H groups in total.